The first-order valence-electron chi connectivity index (χ1n) is 12.6. The highest BCUT2D eigenvalue weighted by molar-refractivity contribution is 5.81. The van der Waals surface area contributed by atoms with Crippen molar-refractivity contribution in [3.63, 3.8) is 0 Å². The Kier molecular flexibility index (Phi) is 11.5. The molecule has 0 atom stereocenters. The largest absolute Gasteiger partial charge is 0.493 e. The number of hydrogen-bond acceptors (Lipinski definition) is 4. The Morgan fingerprint density at radius 1 is 0.471 bits per heavy atom. The third kappa shape index (κ3) is 8.19. The highest BCUT2D eigenvalue weighted by atomic mass is 16.5. The van der Waals surface area contributed by atoms with Gasteiger partial charge in [-0.2, -0.15) is 0 Å². The topological polar surface area (TPSA) is 58.9 Å². The number of aliphatic hydroxyl groups excluding tert-OH is 2. The summed E-state index contributed by atoms with van der Waals surface area (Å²) in [6.45, 7) is 1.79. The van der Waals surface area contributed by atoms with Crippen LogP contribution >= 0.6 is 0 Å². The Hall–Kier alpha value is -2.82. The summed E-state index contributed by atoms with van der Waals surface area (Å²) in [7, 11) is 0. The summed E-state index contributed by atoms with van der Waals surface area (Å²) in [5.74, 6) is 1.73. The Balaban J connectivity index is 1.85. The smallest absolute Gasteiger partial charge is 0.128 e. The molecule has 0 radical (unpaired) electrons. The van der Waals surface area contributed by atoms with E-state index in [0.29, 0.717) is 13.2 Å². The molecule has 4 nitrogen and oxygen atoms in total. The molecular weight excluding hydrogens is 424 g/mol. The lowest BCUT2D eigenvalue weighted by Gasteiger charge is -2.18. The van der Waals surface area contributed by atoms with Crippen molar-refractivity contribution in [1.82, 2.24) is 0 Å². The molecule has 0 amide bonds. The number of rotatable bonds is 16. The maximum atomic E-state index is 8.99. The molecule has 0 fully saturated rings. The Bertz CT molecular complexity index is 862. The van der Waals surface area contributed by atoms with Crippen LogP contribution in [0.2, 0.25) is 0 Å². The maximum Gasteiger partial charge on any atom is 0.128 e. The van der Waals surface area contributed by atoms with E-state index >= 15 is 0 Å². The lowest BCUT2D eigenvalue weighted by atomic mass is 9.98. The molecular formula is C30H38O4. The van der Waals surface area contributed by atoms with Gasteiger partial charge >= 0.3 is 0 Å². The lowest BCUT2D eigenvalue weighted by Crippen LogP contribution is -2.03. The van der Waals surface area contributed by atoms with Crippen molar-refractivity contribution < 1.29 is 19.7 Å². The van der Waals surface area contributed by atoms with Crippen LogP contribution in [0.5, 0.6) is 11.5 Å². The summed E-state index contributed by atoms with van der Waals surface area (Å²) in [6.07, 6.45) is 7.74. The number of aliphatic hydroxyl groups is 2. The van der Waals surface area contributed by atoms with E-state index in [4.69, 9.17) is 19.7 Å². The van der Waals surface area contributed by atoms with Crippen molar-refractivity contribution >= 4 is 0 Å². The Labute approximate surface area is 204 Å². The second-order valence-electron chi connectivity index (χ2n) is 8.55. The summed E-state index contributed by atoms with van der Waals surface area (Å²) in [4.78, 5) is 0. The molecule has 4 heteroatoms. The highest BCUT2D eigenvalue weighted by Gasteiger charge is 2.15. The molecule has 0 unspecified atom stereocenters. The van der Waals surface area contributed by atoms with Gasteiger partial charge in [0.2, 0.25) is 0 Å². The molecule has 0 aromatic heterocycles. The first kappa shape index (κ1) is 25.8. The third-order valence-corrected chi connectivity index (χ3v) is 5.87. The van der Waals surface area contributed by atoms with Crippen LogP contribution < -0.4 is 9.47 Å². The fraction of sp³-hybridized carbons (Fsp3) is 0.400. The van der Waals surface area contributed by atoms with Gasteiger partial charge in [-0.1, -0.05) is 73.5 Å². The SMILES string of the molecule is OCCCCCCOc1cc(-c2ccccc2)c(OCCCCCCO)cc1-c1ccccc1. The summed E-state index contributed by atoms with van der Waals surface area (Å²) < 4.78 is 12.6. The van der Waals surface area contributed by atoms with Crippen molar-refractivity contribution in [2.45, 2.75) is 51.4 Å². The fourth-order valence-corrected chi connectivity index (χ4v) is 3.98. The van der Waals surface area contributed by atoms with Gasteiger partial charge in [0.15, 0.2) is 0 Å². The second-order valence-corrected chi connectivity index (χ2v) is 8.55. The maximum absolute atomic E-state index is 8.99. The van der Waals surface area contributed by atoms with Crippen LogP contribution in [0, 0.1) is 0 Å². The molecule has 34 heavy (non-hydrogen) atoms. The van der Waals surface area contributed by atoms with Crippen molar-refractivity contribution in [2.24, 2.45) is 0 Å². The predicted molar refractivity (Wildman–Crippen MR) is 139 cm³/mol. The minimum absolute atomic E-state index is 0.252. The molecule has 0 aliphatic rings. The Morgan fingerprint density at radius 3 is 1.24 bits per heavy atom. The fourth-order valence-electron chi connectivity index (χ4n) is 3.98. The zero-order valence-corrected chi connectivity index (χ0v) is 20.1. The van der Waals surface area contributed by atoms with Crippen molar-refractivity contribution in [3.05, 3.63) is 72.8 Å². The standard InChI is InChI=1S/C30H38O4/c31-19-11-1-3-13-21-33-29-23-28(26-17-9-6-10-18-26)30(34-22-14-4-2-12-20-32)24-27(29)25-15-7-5-8-16-25/h5-10,15-18,23-24,31-32H,1-4,11-14,19-22H2. The van der Waals surface area contributed by atoms with Crippen molar-refractivity contribution in [2.75, 3.05) is 26.4 Å². The van der Waals surface area contributed by atoms with E-state index in [9.17, 15) is 0 Å². The molecule has 2 N–H and O–H groups in total. The number of ether oxygens (including phenoxy) is 2. The van der Waals surface area contributed by atoms with Gasteiger partial charge in [0.1, 0.15) is 11.5 Å². The molecule has 182 valence electrons. The highest BCUT2D eigenvalue weighted by Crippen LogP contribution is 2.41. The van der Waals surface area contributed by atoms with Gasteiger partial charge in [-0.15, -0.1) is 0 Å². The van der Waals surface area contributed by atoms with E-state index in [1.165, 1.54) is 0 Å². The van der Waals surface area contributed by atoms with Gasteiger partial charge in [-0.05, 0) is 61.8 Å². The van der Waals surface area contributed by atoms with Gasteiger partial charge in [0.05, 0.1) is 13.2 Å². The van der Waals surface area contributed by atoms with E-state index in [1.807, 2.05) is 36.4 Å². The van der Waals surface area contributed by atoms with Crippen LogP contribution in [0.4, 0.5) is 0 Å². The number of hydrogen-bond donors (Lipinski definition) is 2. The van der Waals surface area contributed by atoms with Crippen LogP contribution in [-0.2, 0) is 0 Å². The summed E-state index contributed by atoms with van der Waals surface area (Å²) in [5, 5.41) is 18.0. The summed E-state index contributed by atoms with van der Waals surface area (Å²) in [5.41, 5.74) is 4.27. The summed E-state index contributed by atoms with van der Waals surface area (Å²) in [6, 6.07) is 24.9. The van der Waals surface area contributed by atoms with Crippen LogP contribution in [0.25, 0.3) is 22.3 Å². The molecule has 0 aliphatic heterocycles. The van der Waals surface area contributed by atoms with E-state index < -0.39 is 0 Å². The zero-order valence-electron chi connectivity index (χ0n) is 20.1. The predicted octanol–water partition coefficient (Wildman–Crippen LogP) is 6.88. The minimum atomic E-state index is 0.252. The molecule has 3 aromatic rings. The molecule has 0 saturated carbocycles. The third-order valence-electron chi connectivity index (χ3n) is 5.87. The van der Waals surface area contributed by atoms with Crippen LogP contribution in [0.3, 0.4) is 0 Å². The van der Waals surface area contributed by atoms with Crippen LogP contribution in [-0.4, -0.2) is 36.6 Å². The van der Waals surface area contributed by atoms with Gasteiger partial charge in [-0.25, -0.2) is 0 Å². The molecule has 3 aromatic carbocycles. The van der Waals surface area contributed by atoms with E-state index in [-0.39, 0.29) is 13.2 Å². The molecule has 0 spiro atoms. The zero-order chi connectivity index (χ0) is 23.8. The summed E-state index contributed by atoms with van der Waals surface area (Å²) >= 11 is 0. The van der Waals surface area contributed by atoms with Gasteiger partial charge in [0.25, 0.3) is 0 Å². The molecule has 3 rings (SSSR count). The van der Waals surface area contributed by atoms with Crippen LogP contribution in [0.1, 0.15) is 51.4 Å². The average molecular weight is 463 g/mol. The monoisotopic (exact) mass is 462 g/mol. The van der Waals surface area contributed by atoms with E-state index in [1.54, 1.807) is 0 Å². The normalized spacial score (nSPS) is 10.9. The molecule has 0 aliphatic carbocycles. The molecule has 0 saturated heterocycles. The van der Waals surface area contributed by atoms with Gasteiger partial charge in [-0.3, -0.25) is 0 Å². The number of benzene rings is 3. The lowest BCUT2D eigenvalue weighted by molar-refractivity contribution is 0.272. The van der Waals surface area contributed by atoms with E-state index in [0.717, 1.165) is 85.1 Å². The molecule has 0 heterocycles. The first-order chi connectivity index (χ1) is 16.8. The second kappa shape index (κ2) is 15.2. The first-order valence-corrected chi connectivity index (χ1v) is 12.6. The van der Waals surface area contributed by atoms with E-state index in [2.05, 4.69) is 36.4 Å². The quantitative estimate of drug-likeness (QED) is 0.228. The van der Waals surface area contributed by atoms with Crippen molar-refractivity contribution in [3.8, 4) is 33.8 Å². The number of unbranched alkanes of at least 4 members (excludes halogenated alkanes) is 6. The minimum Gasteiger partial charge on any atom is -0.493 e. The Morgan fingerprint density at radius 2 is 0.853 bits per heavy atom. The van der Waals surface area contributed by atoms with Gasteiger partial charge < -0.3 is 19.7 Å². The van der Waals surface area contributed by atoms with Crippen LogP contribution in [0.15, 0.2) is 72.8 Å². The van der Waals surface area contributed by atoms with Gasteiger partial charge in [0, 0.05) is 24.3 Å². The molecule has 0 bridgehead atoms. The average Bonchev–Trinajstić information content (AvgIpc) is 2.89. The van der Waals surface area contributed by atoms with Crippen molar-refractivity contribution in [1.29, 1.82) is 0 Å².